The van der Waals surface area contributed by atoms with Gasteiger partial charge in [-0.05, 0) is 43.7 Å². The van der Waals surface area contributed by atoms with Crippen LogP contribution >= 0.6 is 11.6 Å². The molecule has 114 valence electrons. The highest BCUT2D eigenvalue weighted by atomic mass is 35.5. The molecule has 2 rings (SSSR count). The molecule has 0 aliphatic heterocycles. The molecule has 1 N–H and O–H groups in total. The lowest BCUT2D eigenvalue weighted by molar-refractivity contribution is 0.399. The third kappa shape index (κ3) is 3.99. The molecule has 1 atom stereocenters. The van der Waals surface area contributed by atoms with E-state index in [2.05, 4.69) is 30.5 Å². The van der Waals surface area contributed by atoms with Gasteiger partial charge < -0.3 is 10.1 Å². The highest BCUT2D eigenvalue weighted by Gasteiger charge is 2.17. The van der Waals surface area contributed by atoms with Gasteiger partial charge in [0.25, 0.3) is 0 Å². The summed E-state index contributed by atoms with van der Waals surface area (Å²) in [7, 11) is 1.69. The molecule has 0 bridgehead atoms. The first-order chi connectivity index (χ1) is 10.2. The highest BCUT2D eigenvalue weighted by molar-refractivity contribution is 6.30. The van der Waals surface area contributed by atoms with E-state index in [1.807, 2.05) is 29.1 Å². The van der Waals surface area contributed by atoms with Gasteiger partial charge in [-0.25, -0.2) is 0 Å². The van der Waals surface area contributed by atoms with E-state index in [-0.39, 0.29) is 6.04 Å². The molecule has 1 aromatic carbocycles. The number of aromatic nitrogens is 2. The van der Waals surface area contributed by atoms with Crippen molar-refractivity contribution in [3.8, 4) is 5.75 Å². The van der Waals surface area contributed by atoms with Gasteiger partial charge in [-0.3, -0.25) is 4.68 Å². The van der Waals surface area contributed by atoms with E-state index in [1.54, 1.807) is 7.11 Å². The summed E-state index contributed by atoms with van der Waals surface area (Å²) in [6.07, 6.45) is 4.86. The Bertz CT molecular complexity index is 583. The molecule has 4 nitrogen and oxygen atoms in total. The van der Waals surface area contributed by atoms with Crippen molar-refractivity contribution in [2.75, 3.05) is 13.7 Å². The molecule has 0 saturated carbocycles. The minimum atomic E-state index is 0.151. The Labute approximate surface area is 131 Å². The molecule has 0 aliphatic carbocycles. The van der Waals surface area contributed by atoms with Crippen LogP contribution in [0.5, 0.6) is 5.75 Å². The number of halogens is 1. The monoisotopic (exact) mass is 307 g/mol. The van der Waals surface area contributed by atoms with Crippen LogP contribution in [0.3, 0.4) is 0 Å². The van der Waals surface area contributed by atoms with Crippen LogP contribution in [0.15, 0.2) is 30.6 Å². The van der Waals surface area contributed by atoms with Crippen molar-refractivity contribution < 1.29 is 4.74 Å². The number of methoxy groups -OCH3 is 1. The van der Waals surface area contributed by atoms with Crippen LogP contribution in [0, 0.1) is 0 Å². The number of hydrogen-bond donors (Lipinski definition) is 1. The van der Waals surface area contributed by atoms with Gasteiger partial charge in [0, 0.05) is 29.4 Å². The Morgan fingerprint density at radius 1 is 1.38 bits per heavy atom. The summed E-state index contributed by atoms with van der Waals surface area (Å²) in [5.74, 6) is 0.855. The van der Waals surface area contributed by atoms with E-state index >= 15 is 0 Å². The van der Waals surface area contributed by atoms with Gasteiger partial charge in [-0.1, -0.05) is 18.5 Å². The van der Waals surface area contributed by atoms with E-state index in [1.165, 1.54) is 5.56 Å². The van der Waals surface area contributed by atoms with Crippen molar-refractivity contribution in [1.29, 1.82) is 0 Å². The fraction of sp³-hybridized carbons (Fsp3) is 0.438. The number of nitrogens with zero attached hydrogens (tertiary/aromatic N) is 2. The lowest BCUT2D eigenvalue weighted by Crippen LogP contribution is -2.23. The molecule has 1 heterocycles. The lowest BCUT2D eigenvalue weighted by atomic mass is 9.99. The van der Waals surface area contributed by atoms with Gasteiger partial charge in [0.15, 0.2) is 0 Å². The second kappa shape index (κ2) is 7.48. The number of ether oxygens (including phenoxy) is 1. The SMILES string of the molecule is CCNC(Cc1cnn(CC)c1)c1cc(Cl)ccc1OC. The first kappa shape index (κ1) is 15.9. The molecule has 2 aromatic rings. The number of likely N-dealkylation sites (N-methyl/N-ethyl adjacent to an activating group) is 1. The minimum Gasteiger partial charge on any atom is -0.496 e. The number of benzene rings is 1. The fourth-order valence-corrected chi connectivity index (χ4v) is 2.62. The van der Waals surface area contributed by atoms with E-state index in [9.17, 15) is 0 Å². The summed E-state index contributed by atoms with van der Waals surface area (Å²) in [5, 5.41) is 8.55. The molecule has 1 aromatic heterocycles. The topological polar surface area (TPSA) is 39.1 Å². The predicted octanol–water partition coefficient (Wildman–Crippen LogP) is 3.46. The van der Waals surface area contributed by atoms with Gasteiger partial charge >= 0.3 is 0 Å². The first-order valence-electron chi connectivity index (χ1n) is 7.26. The van der Waals surface area contributed by atoms with E-state index < -0.39 is 0 Å². The molecule has 0 spiro atoms. The molecule has 5 heteroatoms. The molecule has 1 unspecified atom stereocenters. The number of nitrogens with one attached hydrogen (secondary N) is 1. The number of rotatable bonds is 7. The third-order valence-corrected chi connectivity index (χ3v) is 3.70. The molecule has 0 saturated heterocycles. The Balaban J connectivity index is 2.27. The smallest absolute Gasteiger partial charge is 0.123 e. The molecule has 0 radical (unpaired) electrons. The summed E-state index contributed by atoms with van der Waals surface area (Å²) in [6, 6.07) is 5.88. The highest BCUT2D eigenvalue weighted by Crippen LogP contribution is 2.30. The first-order valence-corrected chi connectivity index (χ1v) is 7.63. The molecular weight excluding hydrogens is 286 g/mol. The second-order valence-corrected chi connectivity index (χ2v) is 5.34. The Kier molecular flexibility index (Phi) is 5.65. The Hall–Kier alpha value is -1.52. The van der Waals surface area contributed by atoms with E-state index in [0.29, 0.717) is 0 Å². The summed E-state index contributed by atoms with van der Waals surface area (Å²) in [4.78, 5) is 0. The van der Waals surface area contributed by atoms with Crippen molar-refractivity contribution in [1.82, 2.24) is 15.1 Å². The quantitative estimate of drug-likeness (QED) is 0.851. The van der Waals surface area contributed by atoms with Crippen LogP contribution in [0.4, 0.5) is 0 Å². The number of hydrogen-bond acceptors (Lipinski definition) is 3. The fourth-order valence-electron chi connectivity index (χ4n) is 2.44. The Morgan fingerprint density at radius 2 is 2.19 bits per heavy atom. The maximum Gasteiger partial charge on any atom is 0.123 e. The third-order valence-electron chi connectivity index (χ3n) is 3.47. The van der Waals surface area contributed by atoms with Crippen molar-refractivity contribution in [2.45, 2.75) is 32.9 Å². The Morgan fingerprint density at radius 3 is 2.81 bits per heavy atom. The summed E-state index contributed by atoms with van der Waals surface area (Å²) in [6.45, 7) is 5.94. The van der Waals surface area contributed by atoms with Gasteiger partial charge in [-0.2, -0.15) is 5.10 Å². The average molecular weight is 308 g/mol. The van der Waals surface area contributed by atoms with Crippen LogP contribution in [-0.2, 0) is 13.0 Å². The zero-order valence-corrected chi connectivity index (χ0v) is 13.5. The van der Waals surface area contributed by atoms with Crippen LogP contribution < -0.4 is 10.1 Å². The molecule has 0 amide bonds. The molecular formula is C16H22ClN3O. The van der Waals surface area contributed by atoms with Crippen LogP contribution in [0.25, 0.3) is 0 Å². The van der Waals surface area contributed by atoms with Crippen LogP contribution in [0.1, 0.15) is 31.0 Å². The van der Waals surface area contributed by atoms with Gasteiger partial charge in [0.2, 0.25) is 0 Å². The number of aryl methyl sites for hydroxylation is 1. The van der Waals surface area contributed by atoms with Crippen molar-refractivity contribution in [3.63, 3.8) is 0 Å². The summed E-state index contributed by atoms with van der Waals surface area (Å²) in [5.41, 5.74) is 2.28. The van der Waals surface area contributed by atoms with E-state index in [4.69, 9.17) is 16.3 Å². The van der Waals surface area contributed by atoms with Gasteiger partial charge in [0.1, 0.15) is 5.75 Å². The zero-order chi connectivity index (χ0) is 15.2. The summed E-state index contributed by atoms with van der Waals surface area (Å²) < 4.78 is 7.41. The zero-order valence-electron chi connectivity index (χ0n) is 12.8. The van der Waals surface area contributed by atoms with Crippen molar-refractivity contribution >= 4 is 11.6 Å². The van der Waals surface area contributed by atoms with Gasteiger partial charge in [-0.15, -0.1) is 0 Å². The normalized spacial score (nSPS) is 12.4. The average Bonchev–Trinajstić information content (AvgIpc) is 2.94. The van der Waals surface area contributed by atoms with Crippen molar-refractivity contribution in [2.24, 2.45) is 0 Å². The standard InChI is InChI=1S/C16H22ClN3O/c1-4-18-15(8-12-10-19-20(5-2)11-12)14-9-13(17)6-7-16(14)21-3/h6-7,9-11,15,18H,4-5,8H2,1-3H3. The molecule has 0 aliphatic rings. The van der Waals surface area contributed by atoms with Crippen molar-refractivity contribution in [3.05, 3.63) is 46.7 Å². The van der Waals surface area contributed by atoms with E-state index in [0.717, 1.165) is 35.8 Å². The second-order valence-electron chi connectivity index (χ2n) is 4.90. The maximum absolute atomic E-state index is 6.15. The minimum absolute atomic E-state index is 0.151. The maximum atomic E-state index is 6.15. The largest absolute Gasteiger partial charge is 0.496 e. The van der Waals surface area contributed by atoms with Gasteiger partial charge in [0.05, 0.1) is 13.3 Å². The summed E-state index contributed by atoms with van der Waals surface area (Å²) >= 11 is 6.15. The predicted molar refractivity (Wildman–Crippen MR) is 86.0 cm³/mol. The van der Waals surface area contributed by atoms with Crippen LogP contribution in [-0.4, -0.2) is 23.4 Å². The molecule has 21 heavy (non-hydrogen) atoms. The lowest BCUT2D eigenvalue weighted by Gasteiger charge is -2.20. The van der Waals surface area contributed by atoms with Crippen LogP contribution in [0.2, 0.25) is 5.02 Å². The molecule has 0 fully saturated rings.